The maximum Gasteiger partial charge on any atom is 0.228 e. The monoisotopic (exact) mass is 355 g/mol. The van der Waals surface area contributed by atoms with E-state index in [4.69, 9.17) is 11.6 Å². The number of rotatable bonds is 2. The Balaban J connectivity index is 2.07. The van der Waals surface area contributed by atoms with Gasteiger partial charge in [-0.25, -0.2) is 0 Å². The number of halogens is 2. The highest BCUT2D eigenvalue weighted by molar-refractivity contribution is 9.10. The third-order valence-corrected chi connectivity index (χ3v) is 5.04. The van der Waals surface area contributed by atoms with Crippen LogP contribution < -0.4 is 5.32 Å². The molecule has 0 spiro atoms. The van der Waals surface area contributed by atoms with E-state index in [2.05, 4.69) is 21.2 Å². The molecule has 0 saturated carbocycles. The van der Waals surface area contributed by atoms with Crippen LogP contribution in [0.3, 0.4) is 0 Å². The topological polar surface area (TPSA) is 46.2 Å². The summed E-state index contributed by atoms with van der Waals surface area (Å²) in [6.45, 7) is 0. The second-order valence-corrected chi connectivity index (χ2v) is 6.32. The Kier molecular flexibility index (Phi) is 3.20. The number of fused-ring (bicyclic) bond motifs is 1. The lowest BCUT2D eigenvalue weighted by atomic mass is 10.0. The molecule has 19 heavy (non-hydrogen) atoms. The summed E-state index contributed by atoms with van der Waals surface area (Å²) in [4.78, 5) is 24.4. The fourth-order valence-corrected chi connectivity index (χ4v) is 3.76. The van der Waals surface area contributed by atoms with Crippen molar-refractivity contribution in [3.63, 3.8) is 0 Å². The molecule has 0 unspecified atom stereocenters. The van der Waals surface area contributed by atoms with Gasteiger partial charge in [0.2, 0.25) is 11.7 Å². The van der Waals surface area contributed by atoms with Crippen LogP contribution in [0.1, 0.15) is 20.8 Å². The third kappa shape index (κ3) is 2.22. The van der Waals surface area contributed by atoms with E-state index in [0.717, 1.165) is 10.0 Å². The van der Waals surface area contributed by atoms with Crippen LogP contribution in [0.4, 0.5) is 5.69 Å². The van der Waals surface area contributed by atoms with Crippen molar-refractivity contribution < 1.29 is 9.59 Å². The fraction of sp³-hybridized carbons (Fsp3) is 0.0769. The molecule has 2 heterocycles. The van der Waals surface area contributed by atoms with Crippen molar-refractivity contribution in [2.45, 2.75) is 6.42 Å². The summed E-state index contributed by atoms with van der Waals surface area (Å²) in [5.74, 6) is -0.206. The van der Waals surface area contributed by atoms with E-state index in [1.165, 1.54) is 11.3 Å². The van der Waals surface area contributed by atoms with Gasteiger partial charge in [-0.05, 0) is 45.1 Å². The van der Waals surface area contributed by atoms with Crippen molar-refractivity contribution in [3.8, 4) is 0 Å². The minimum atomic E-state index is -0.131. The molecule has 0 fully saturated rings. The Bertz CT molecular complexity index is 711. The standard InChI is InChI=1S/C13H7BrClNO2S/c14-8-1-2-19-13(8)12(18)7-3-6-4-11(17)16-10(6)5-9(7)15/h1-3,5H,4H2,(H,16,17). The molecule has 2 aromatic rings. The summed E-state index contributed by atoms with van der Waals surface area (Å²) in [5, 5.41) is 4.90. The molecule has 1 aliphatic heterocycles. The largest absolute Gasteiger partial charge is 0.325 e. The molecule has 1 amide bonds. The van der Waals surface area contributed by atoms with E-state index >= 15 is 0 Å². The van der Waals surface area contributed by atoms with E-state index in [1.807, 2.05) is 11.4 Å². The zero-order valence-electron chi connectivity index (χ0n) is 9.50. The normalized spacial score (nSPS) is 13.3. The highest BCUT2D eigenvalue weighted by Gasteiger charge is 2.23. The molecule has 0 atom stereocenters. The van der Waals surface area contributed by atoms with Crippen molar-refractivity contribution in [1.82, 2.24) is 0 Å². The Morgan fingerprint density at radius 2 is 2.21 bits per heavy atom. The predicted molar refractivity (Wildman–Crippen MR) is 79.2 cm³/mol. The van der Waals surface area contributed by atoms with Gasteiger partial charge in [-0.3, -0.25) is 9.59 Å². The quantitative estimate of drug-likeness (QED) is 0.830. The van der Waals surface area contributed by atoms with Crippen LogP contribution in [0.25, 0.3) is 0 Å². The van der Waals surface area contributed by atoms with Gasteiger partial charge in [0.25, 0.3) is 0 Å². The van der Waals surface area contributed by atoms with Gasteiger partial charge < -0.3 is 5.32 Å². The average Bonchev–Trinajstić information content (AvgIpc) is 2.92. The van der Waals surface area contributed by atoms with Crippen molar-refractivity contribution >= 4 is 56.2 Å². The van der Waals surface area contributed by atoms with Gasteiger partial charge in [0.1, 0.15) is 0 Å². The van der Waals surface area contributed by atoms with Crippen LogP contribution in [-0.2, 0) is 11.2 Å². The van der Waals surface area contributed by atoms with Gasteiger partial charge in [-0.1, -0.05) is 11.6 Å². The maximum absolute atomic E-state index is 12.4. The third-order valence-electron chi connectivity index (χ3n) is 2.89. The number of ketones is 1. The number of carbonyl (C=O) groups excluding carboxylic acids is 2. The summed E-state index contributed by atoms with van der Waals surface area (Å²) in [6, 6.07) is 5.16. The van der Waals surface area contributed by atoms with E-state index < -0.39 is 0 Å². The predicted octanol–water partition coefficient (Wildman–Crippen LogP) is 3.89. The summed E-state index contributed by atoms with van der Waals surface area (Å²) in [5.41, 5.74) is 1.93. The molecule has 0 radical (unpaired) electrons. The van der Waals surface area contributed by atoms with Crippen molar-refractivity contribution in [3.05, 3.63) is 49.1 Å². The molecular weight excluding hydrogens is 350 g/mol. The SMILES string of the molecule is O=C1Cc2cc(C(=O)c3sccc3Br)c(Cl)cc2N1. The van der Waals surface area contributed by atoms with Gasteiger partial charge in [0, 0.05) is 15.7 Å². The van der Waals surface area contributed by atoms with Crippen LogP contribution >= 0.6 is 38.9 Å². The fourth-order valence-electron chi connectivity index (χ4n) is 2.00. The molecule has 1 aromatic carbocycles. The van der Waals surface area contributed by atoms with Crippen LogP contribution in [0, 0.1) is 0 Å². The first kappa shape index (κ1) is 12.8. The molecule has 96 valence electrons. The molecule has 0 aliphatic carbocycles. The van der Waals surface area contributed by atoms with Crippen molar-refractivity contribution in [2.24, 2.45) is 0 Å². The number of amides is 1. The molecular formula is C13H7BrClNO2S. The van der Waals surface area contributed by atoms with Crippen molar-refractivity contribution in [1.29, 1.82) is 0 Å². The molecule has 6 heteroatoms. The van der Waals surface area contributed by atoms with Crippen LogP contribution in [0.2, 0.25) is 5.02 Å². The molecule has 3 nitrogen and oxygen atoms in total. The number of anilines is 1. The van der Waals surface area contributed by atoms with Gasteiger partial charge in [-0.15, -0.1) is 11.3 Å². The van der Waals surface area contributed by atoms with Gasteiger partial charge in [0.15, 0.2) is 0 Å². The van der Waals surface area contributed by atoms with E-state index in [-0.39, 0.29) is 11.7 Å². The highest BCUT2D eigenvalue weighted by atomic mass is 79.9. The minimum Gasteiger partial charge on any atom is -0.325 e. The summed E-state index contributed by atoms with van der Waals surface area (Å²) >= 11 is 10.8. The van der Waals surface area contributed by atoms with E-state index in [0.29, 0.717) is 27.6 Å². The summed E-state index contributed by atoms with van der Waals surface area (Å²) in [7, 11) is 0. The van der Waals surface area contributed by atoms with E-state index in [1.54, 1.807) is 12.1 Å². The molecule has 0 bridgehead atoms. The number of hydrogen-bond acceptors (Lipinski definition) is 3. The summed E-state index contributed by atoms with van der Waals surface area (Å²) < 4.78 is 0.758. The first-order valence-corrected chi connectivity index (χ1v) is 7.51. The van der Waals surface area contributed by atoms with Crippen LogP contribution in [0.5, 0.6) is 0 Å². The Morgan fingerprint density at radius 1 is 1.42 bits per heavy atom. The molecule has 1 N–H and O–H groups in total. The zero-order valence-corrected chi connectivity index (χ0v) is 12.7. The highest BCUT2D eigenvalue weighted by Crippen LogP contribution is 2.33. The number of thiophene rings is 1. The average molecular weight is 357 g/mol. The Hall–Kier alpha value is -1.17. The maximum atomic E-state index is 12.4. The van der Waals surface area contributed by atoms with Crippen LogP contribution in [0.15, 0.2) is 28.1 Å². The number of benzene rings is 1. The summed E-state index contributed by atoms with van der Waals surface area (Å²) in [6.07, 6.45) is 0.290. The molecule has 3 rings (SSSR count). The second-order valence-electron chi connectivity index (χ2n) is 4.14. The lowest BCUT2D eigenvalue weighted by molar-refractivity contribution is -0.115. The Morgan fingerprint density at radius 3 is 2.89 bits per heavy atom. The van der Waals surface area contributed by atoms with Crippen molar-refractivity contribution in [2.75, 3.05) is 5.32 Å². The minimum absolute atomic E-state index is 0.0760. The van der Waals surface area contributed by atoms with Gasteiger partial charge >= 0.3 is 0 Å². The first-order valence-electron chi connectivity index (χ1n) is 5.46. The second kappa shape index (κ2) is 4.74. The molecule has 1 aliphatic rings. The van der Waals surface area contributed by atoms with Gasteiger partial charge in [-0.2, -0.15) is 0 Å². The number of nitrogens with one attached hydrogen (secondary N) is 1. The molecule has 0 saturated heterocycles. The molecule has 1 aromatic heterocycles. The Labute approximate surface area is 126 Å². The van der Waals surface area contributed by atoms with Crippen LogP contribution in [-0.4, -0.2) is 11.7 Å². The number of carbonyl (C=O) groups is 2. The van der Waals surface area contributed by atoms with Gasteiger partial charge in [0.05, 0.1) is 16.3 Å². The number of hydrogen-bond donors (Lipinski definition) is 1. The lowest BCUT2D eigenvalue weighted by Gasteiger charge is -2.06. The lowest BCUT2D eigenvalue weighted by Crippen LogP contribution is -2.03. The smallest absolute Gasteiger partial charge is 0.228 e. The first-order chi connectivity index (χ1) is 9.06. The van der Waals surface area contributed by atoms with E-state index in [9.17, 15) is 9.59 Å². The zero-order chi connectivity index (χ0) is 13.6.